The van der Waals surface area contributed by atoms with Crippen molar-refractivity contribution in [1.29, 1.82) is 0 Å². The molecule has 0 saturated carbocycles. The van der Waals surface area contributed by atoms with E-state index < -0.39 is 0 Å². The maximum atomic E-state index is 12.5. The molecule has 2 aromatic heterocycles. The van der Waals surface area contributed by atoms with Crippen molar-refractivity contribution in [1.82, 2.24) is 19.5 Å². The third-order valence-electron chi connectivity index (χ3n) is 5.81. The molecule has 28 heavy (non-hydrogen) atoms. The molecule has 4 rings (SSSR count). The predicted octanol–water partition coefficient (Wildman–Crippen LogP) is 1.40. The zero-order valence-corrected chi connectivity index (χ0v) is 16.6. The van der Waals surface area contributed by atoms with Crippen LogP contribution in [-0.4, -0.2) is 64.4 Å². The van der Waals surface area contributed by atoms with Gasteiger partial charge in [0.1, 0.15) is 6.61 Å². The summed E-state index contributed by atoms with van der Waals surface area (Å²) in [7, 11) is 0. The summed E-state index contributed by atoms with van der Waals surface area (Å²) in [5.74, 6) is 0.0739. The number of aromatic nitrogens is 3. The highest BCUT2D eigenvalue weighted by molar-refractivity contribution is 5.77. The average molecular weight is 388 g/mol. The van der Waals surface area contributed by atoms with E-state index >= 15 is 0 Å². The number of amides is 1. The van der Waals surface area contributed by atoms with Gasteiger partial charge in [0.15, 0.2) is 5.65 Å². The quantitative estimate of drug-likeness (QED) is 0.808. The lowest BCUT2D eigenvalue weighted by atomic mass is 10.0. The smallest absolute Gasteiger partial charge is 0.272 e. The van der Waals surface area contributed by atoms with Crippen LogP contribution in [0.4, 0.5) is 0 Å². The fraction of sp³-hybridized carbons (Fsp3) is 0.650. The maximum absolute atomic E-state index is 12.5. The molecule has 2 aliphatic rings. The number of aryl methyl sites for hydroxylation is 2. The van der Waals surface area contributed by atoms with Gasteiger partial charge in [-0.3, -0.25) is 14.7 Å². The van der Waals surface area contributed by atoms with Gasteiger partial charge in [-0.2, -0.15) is 0 Å². The molecule has 0 unspecified atom stereocenters. The van der Waals surface area contributed by atoms with Gasteiger partial charge in [-0.15, -0.1) is 0 Å². The fourth-order valence-corrected chi connectivity index (χ4v) is 4.22. The van der Waals surface area contributed by atoms with Crippen LogP contribution < -0.4 is 5.56 Å². The number of nitrogens with zero attached hydrogens (tertiary/aromatic N) is 3. The Bertz CT molecular complexity index is 913. The number of aromatic amines is 1. The molecule has 4 heterocycles. The predicted molar refractivity (Wildman–Crippen MR) is 104 cm³/mol. The highest BCUT2D eigenvalue weighted by Crippen LogP contribution is 2.26. The first-order chi connectivity index (χ1) is 13.6. The number of H-pyrrole nitrogens is 1. The molecule has 0 aliphatic carbocycles. The fourth-order valence-electron chi connectivity index (χ4n) is 4.22. The van der Waals surface area contributed by atoms with E-state index in [2.05, 4.69) is 12.0 Å². The zero-order valence-electron chi connectivity index (χ0n) is 16.6. The first-order valence-corrected chi connectivity index (χ1v) is 10.1. The van der Waals surface area contributed by atoms with Gasteiger partial charge in [-0.25, -0.2) is 9.50 Å². The SMILES string of the molecule is CCc1c(C)[nH]n2c(=O)cc([C@H]3CCN(C(=O)COC[C@H]4CCCO4)C3)nc12. The highest BCUT2D eigenvalue weighted by atomic mass is 16.5. The number of hydrogen-bond acceptors (Lipinski definition) is 5. The van der Waals surface area contributed by atoms with Crippen LogP contribution in [0.5, 0.6) is 0 Å². The molecule has 8 nitrogen and oxygen atoms in total. The number of rotatable bonds is 6. The molecule has 2 aliphatic heterocycles. The minimum absolute atomic E-state index is 0.00923. The topological polar surface area (TPSA) is 88.9 Å². The largest absolute Gasteiger partial charge is 0.376 e. The van der Waals surface area contributed by atoms with Crippen LogP contribution in [-0.2, 0) is 20.7 Å². The number of likely N-dealkylation sites (tertiary alicyclic amines) is 1. The van der Waals surface area contributed by atoms with Crippen LogP contribution in [0, 0.1) is 6.92 Å². The molecule has 1 amide bonds. The second-order valence-electron chi connectivity index (χ2n) is 7.72. The molecule has 2 saturated heterocycles. The van der Waals surface area contributed by atoms with E-state index in [0.717, 1.165) is 49.2 Å². The summed E-state index contributed by atoms with van der Waals surface area (Å²) in [6.45, 7) is 6.61. The molecule has 0 bridgehead atoms. The van der Waals surface area contributed by atoms with Crippen molar-refractivity contribution in [3.63, 3.8) is 0 Å². The highest BCUT2D eigenvalue weighted by Gasteiger charge is 2.29. The van der Waals surface area contributed by atoms with Crippen LogP contribution in [0.2, 0.25) is 0 Å². The van der Waals surface area contributed by atoms with Crippen molar-refractivity contribution >= 4 is 11.6 Å². The molecule has 152 valence electrons. The molecular weight excluding hydrogens is 360 g/mol. The molecule has 8 heteroatoms. The molecule has 2 fully saturated rings. The number of carbonyl (C=O) groups excluding carboxylic acids is 1. The van der Waals surface area contributed by atoms with E-state index in [9.17, 15) is 9.59 Å². The summed E-state index contributed by atoms with van der Waals surface area (Å²) >= 11 is 0. The minimum Gasteiger partial charge on any atom is -0.376 e. The third kappa shape index (κ3) is 3.71. The van der Waals surface area contributed by atoms with Gasteiger partial charge in [0.25, 0.3) is 5.56 Å². The minimum atomic E-state index is -0.104. The van der Waals surface area contributed by atoms with Crippen molar-refractivity contribution in [2.24, 2.45) is 0 Å². The first-order valence-electron chi connectivity index (χ1n) is 10.1. The van der Waals surface area contributed by atoms with Gasteiger partial charge >= 0.3 is 0 Å². The Balaban J connectivity index is 1.40. The van der Waals surface area contributed by atoms with Crippen molar-refractivity contribution in [3.8, 4) is 0 Å². The van der Waals surface area contributed by atoms with E-state index in [1.807, 2.05) is 11.8 Å². The van der Waals surface area contributed by atoms with Crippen molar-refractivity contribution in [3.05, 3.63) is 33.4 Å². The number of carbonyl (C=O) groups is 1. The standard InChI is InChI=1S/C20H28N4O4/c1-3-16-13(2)22-24-18(25)9-17(21-20(16)24)14-6-7-23(10-14)19(26)12-27-11-15-5-4-8-28-15/h9,14-15,22H,3-8,10-12H2,1-2H3/t14-,15+/m0/s1. The Kier molecular flexibility index (Phi) is 5.50. The summed E-state index contributed by atoms with van der Waals surface area (Å²) in [5.41, 5.74) is 3.40. The van der Waals surface area contributed by atoms with Gasteiger partial charge in [0.2, 0.25) is 5.91 Å². The van der Waals surface area contributed by atoms with E-state index in [1.54, 1.807) is 6.07 Å². The molecule has 2 aromatic rings. The van der Waals surface area contributed by atoms with Crippen LogP contribution in [0.15, 0.2) is 10.9 Å². The van der Waals surface area contributed by atoms with Gasteiger partial charge in [-0.1, -0.05) is 6.92 Å². The molecule has 2 atom stereocenters. The molecule has 0 spiro atoms. The summed E-state index contributed by atoms with van der Waals surface area (Å²) < 4.78 is 12.6. The van der Waals surface area contributed by atoms with Gasteiger partial charge < -0.3 is 14.4 Å². The molecule has 0 aromatic carbocycles. The van der Waals surface area contributed by atoms with Gasteiger partial charge in [-0.05, 0) is 32.6 Å². The maximum Gasteiger partial charge on any atom is 0.272 e. The second kappa shape index (κ2) is 8.05. The first kappa shape index (κ1) is 19.1. The normalized spacial score (nSPS) is 22.4. The number of nitrogens with one attached hydrogen (secondary N) is 1. The lowest BCUT2D eigenvalue weighted by Gasteiger charge is -2.17. The second-order valence-corrected chi connectivity index (χ2v) is 7.72. The van der Waals surface area contributed by atoms with E-state index in [4.69, 9.17) is 14.5 Å². The lowest BCUT2D eigenvalue weighted by Crippen LogP contribution is -2.33. The molecular formula is C20H28N4O4. The number of hydrogen-bond donors (Lipinski definition) is 1. The Morgan fingerprint density at radius 3 is 3.04 bits per heavy atom. The Morgan fingerprint density at radius 2 is 2.29 bits per heavy atom. The monoisotopic (exact) mass is 388 g/mol. The third-order valence-corrected chi connectivity index (χ3v) is 5.81. The van der Waals surface area contributed by atoms with Crippen LogP contribution in [0.3, 0.4) is 0 Å². The summed E-state index contributed by atoms with van der Waals surface area (Å²) in [4.78, 5) is 31.5. The Morgan fingerprint density at radius 1 is 1.43 bits per heavy atom. The molecule has 0 radical (unpaired) electrons. The van der Waals surface area contributed by atoms with Crippen molar-refractivity contribution in [2.45, 2.75) is 51.6 Å². The number of ether oxygens (including phenoxy) is 2. The van der Waals surface area contributed by atoms with E-state index in [0.29, 0.717) is 25.3 Å². The van der Waals surface area contributed by atoms with Crippen LogP contribution in [0.25, 0.3) is 5.65 Å². The van der Waals surface area contributed by atoms with Gasteiger partial charge in [0.05, 0.1) is 18.4 Å². The van der Waals surface area contributed by atoms with Crippen molar-refractivity contribution < 1.29 is 14.3 Å². The van der Waals surface area contributed by atoms with E-state index in [-0.39, 0.29) is 30.1 Å². The Hall–Kier alpha value is -2.19. The van der Waals surface area contributed by atoms with Crippen LogP contribution in [0.1, 0.15) is 49.1 Å². The Labute approximate surface area is 163 Å². The number of fused-ring (bicyclic) bond motifs is 1. The van der Waals surface area contributed by atoms with Crippen LogP contribution >= 0.6 is 0 Å². The van der Waals surface area contributed by atoms with E-state index in [1.165, 1.54) is 4.52 Å². The van der Waals surface area contributed by atoms with Gasteiger partial charge in [0, 0.05) is 42.9 Å². The zero-order chi connectivity index (χ0) is 19.7. The van der Waals surface area contributed by atoms with Crippen molar-refractivity contribution in [2.75, 3.05) is 32.9 Å². The molecule has 1 N–H and O–H groups in total. The summed E-state index contributed by atoms with van der Waals surface area (Å²) in [6.07, 6.45) is 3.81. The average Bonchev–Trinajstić information content (AvgIpc) is 3.41. The lowest BCUT2D eigenvalue weighted by molar-refractivity contribution is -0.136. The summed E-state index contributed by atoms with van der Waals surface area (Å²) in [6, 6.07) is 1.59. The summed E-state index contributed by atoms with van der Waals surface area (Å²) in [5, 5.41) is 3.09.